The number of nitrogens with zero attached hydrogens (tertiary/aromatic N) is 2. The van der Waals surface area contributed by atoms with Gasteiger partial charge >= 0.3 is 0 Å². The molecular weight excluding hydrogens is 260 g/mol. The van der Waals surface area contributed by atoms with Crippen molar-refractivity contribution in [2.75, 3.05) is 18.4 Å². The van der Waals surface area contributed by atoms with E-state index in [1.165, 1.54) is 5.56 Å². The lowest BCUT2D eigenvalue weighted by Gasteiger charge is -2.23. The zero-order valence-corrected chi connectivity index (χ0v) is 12.7. The highest BCUT2D eigenvalue weighted by molar-refractivity contribution is 5.61. The topological polar surface area (TPSA) is 49.8 Å². The molecular formula is C17H22N4. The van der Waals surface area contributed by atoms with E-state index in [0.29, 0.717) is 6.04 Å². The Labute approximate surface area is 126 Å². The number of piperidine rings is 1. The van der Waals surface area contributed by atoms with Crippen LogP contribution in [0.25, 0.3) is 11.3 Å². The SMILES string of the molecule is Cc1ccc(-c2cc(C)nc(NC3CCNCC3)n2)cc1. The molecule has 2 heterocycles. The van der Waals surface area contributed by atoms with Crippen LogP contribution in [0.4, 0.5) is 5.95 Å². The van der Waals surface area contributed by atoms with Crippen molar-refractivity contribution in [2.45, 2.75) is 32.7 Å². The van der Waals surface area contributed by atoms with Crippen LogP contribution in [0.2, 0.25) is 0 Å². The summed E-state index contributed by atoms with van der Waals surface area (Å²) in [5.41, 5.74) is 4.38. The highest BCUT2D eigenvalue weighted by Crippen LogP contribution is 2.20. The first kappa shape index (κ1) is 14.0. The molecule has 0 aliphatic carbocycles. The van der Waals surface area contributed by atoms with E-state index in [4.69, 9.17) is 0 Å². The monoisotopic (exact) mass is 282 g/mol. The molecule has 2 aromatic rings. The molecule has 4 nitrogen and oxygen atoms in total. The highest BCUT2D eigenvalue weighted by atomic mass is 15.1. The predicted octanol–water partition coefficient (Wildman–Crippen LogP) is 2.92. The highest BCUT2D eigenvalue weighted by Gasteiger charge is 2.14. The molecule has 0 unspecified atom stereocenters. The second-order valence-corrected chi connectivity index (χ2v) is 5.75. The molecule has 1 saturated heterocycles. The number of hydrogen-bond donors (Lipinski definition) is 2. The molecule has 1 aliphatic heterocycles. The Balaban J connectivity index is 1.83. The van der Waals surface area contributed by atoms with Gasteiger partial charge in [-0.2, -0.15) is 0 Å². The van der Waals surface area contributed by atoms with Gasteiger partial charge in [0.25, 0.3) is 0 Å². The van der Waals surface area contributed by atoms with E-state index in [1.54, 1.807) is 0 Å². The molecule has 1 fully saturated rings. The van der Waals surface area contributed by atoms with Gasteiger partial charge in [-0.1, -0.05) is 29.8 Å². The number of hydrogen-bond acceptors (Lipinski definition) is 4. The Morgan fingerprint density at radius 3 is 2.48 bits per heavy atom. The summed E-state index contributed by atoms with van der Waals surface area (Å²) in [6.45, 7) is 6.24. The van der Waals surface area contributed by atoms with Gasteiger partial charge in [0.2, 0.25) is 5.95 Å². The van der Waals surface area contributed by atoms with E-state index in [1.807, 2.05) is 13.0 Å². The first-order chi connectivity index (χ1) is 10.2. The quantitative estimate of drug-likeness (QED) is 0.909. The Bertz CT molecular complexity index is 601. The second-order valence-electron chi connectivity index (χ2n) is 5.75. The molecule has 1 aliphatic rings. The minimum atomic E-state index is 0.471. The molecule has 1 aromatic heterocycles. The Morgan fingerprint density at radius 1 is 1.05 bits per heavy atom. The van der Waals surface area contributed by atoms with Crippen molar-refractivity contribution in [3.05, 3.63) is 41.6 Å². The molecule has 4 heteroatoms. The Morgan fingerprint density at radius 2 is 1.76 bits per heavy atom. The van der Waals surface area contributed by atoms with Crippen LogP contribution in [0, 0.1) is 13.8 Å². The summed E-state index contributed by atoms with van der Waals surface area (Å²) in [5.74, 6) is 0.748. The third kappa shape index (κ3) is 3.58. The minimum Gasteiger partial charge on any atom is -0.351 e. The summed E-state index contributed by atoms with van der Waals surface area (Å²) in [6, 6.07) is 11.0. The molecule has 1 aromatic carbocycles. The van der Waals surface area contributed by atoms with Crippen LogP contribution in [0.1, 0.15) is 24.1 Å². The van der Waals surface area contributed by atoms with Crippen molar-refractivity contribution in [3.8, 4) is 11.3 Å². The Hall–Kier alpha value is -1.94. The third-order valence-electron chi connectivity index (χ3n) is 3.87. The molecule has 0 saturated carbocycles. The Kier molecular flexibility index (Phi) is 4.15. The van der Waals surface area contributed by atoms with Crippen molar-refractivity contribution in [1.82, 2.24) is 15.3 Å². The van der Waals surface area contributed by atoms with Crippen LogP contribution < -0.4 is 10.6 Å². The number of nitrogens with one attached hydrogen (secondary N) is 2. The first-order valence-corrected chi connectivity index (χ1v) is 7.61. The summed E-state index contributed by atoms with van der Waals surface area (Å²) >= 11 is 0. The maximum atomic E-state index is 4.68. The first-order valence-electron chi connectivity index (χ1n) is 7.61. The van der Waals surface area contributed by atoms with Gasteiger partial charge in [0, 0.05) is 17.3 Å². The van der Waals surface area contributed by atoms with Crippen LogP contribution in [-0.4, -0.2) is 29.1 Å². The summed E-state index contributed by atoms with van der Waals surface area (Å²) in [6.07, 6.45) is 2.24. The van der Waals surface area contributed by atoms with E-state index >= 15 is 0 Å². The van der Waals surface area contributed by atoms with Crippen molar-refractivity contribution in [1.29, 1.82) is 0 Å². The van der Waals surface area contributed by atoms with Gasteiger partial charge in [-0.15, -0.1) is 0 Å². The lowest BCUT2D eigenvalue weighted by atomic mass is 10.1. The molecule has 21 heavy (non-hydrogen) atoms. The molecule has 0 atom stereocenters. The molecule has 110 valence electrons. The van der Waals surface area contributed by atoms with Crippen LogP contribution >= 0.6 is 0 Å². The third-order valence-corrected chi connectivity index (χ3v) is 3.87. The normalized spacial score (nSPS) is 15.9. The van der Waals surface area contributed by atoms with Crippen molar-refractivity contribution < 1.29 is 0 Å². The van der Waals surface area contributed by atoms with Crippen molar-refractivity contribution in [3.63, 3.8) is 0 Å². The smallest absolute Gasteiger partial charge is 0.223 e. The largest absolute Gasteiger partial charge is 0.351 e. The van der Waals surface area contributed by atoms with Crippen molar-refractivity contribution in [2.24, 2.45) is 0 Å². The van der Waals surface area contributed by atoms with Crippen LogP contribution in [0.3, 0.4) is 0 Å². The van der Waals surface area contributed by atoms with Crippen LogP contribution in [-0.2, 0) is 0 Å². The van der Waals surface area contributed by atoms with E-state index in [-0.39, 0.29) is 0 Å². The number of aryl methyl sites for hydroxylation is 2. The molecule has 3 rings (SSSR count). The van der Waals surface area contributed by atoms with E-state index < -0.39 is 0 Å². The van der Waals surface area contributed by atoms with E-state index in [0.717, 1.165) is 48.8 Å². The summed E-state index contributed by atoms with van der Waals surface area (Å²) in [7, 11) is 0. The fourth-order valence-electron chi connectivity index (χ4n) is 2.65. The van der Waals surface area contributed by atoms with Gasteiger partial charge in [0.1, 0.15) is 0 Å². The van der Waals surface area contributed by atoms with Gasteiger partial charge in [0.15, 0.2) is 0 Å². The number of aromatic nitrogens is 2. The van der Waals surface area contributed by atoms with Gasteiger partial charge in [-0.3, -0.25) is 0 Å². The lowest BCUT2D eigenvalue weighted by Crippen LogP contribution is -2.35. The van der Waals surface area contributed by atoms with Crippen LogP contribution in [0.5, 0.6) is 0 Å². The maximum Gasteiger partial charge on any atom is 0.223 e. The number of anilines is 1. The predicted molar refractivity (Wildman–Crippen MR) is 86.5 cm³/mol. The molecule has 0 amide bonds. The maximum absolute atomic E-state index is 4.68. The van der Waals surface area contributed by atoms with E-state index in [9.17, 15) is 0 Å². The number of benzene rings is 1. The summed E-state index contributed by atoms with van der Waals surface area (Å²) in [5, 5.41) is 6.85. The standard InChI is InChI=1S/C17H22N4/c1-12-3-5-14(6-4-12)16-11-13(2)19-17(21-16)20-15-7-9-18-10-8-15/h3-6,11,15,18H,7-10H2,1-2H3,(H,19,20,21). The molecule has 0 radical (unpaired) electrons. The zero-order valence-electron chi connectivity index (χ0n) is 12.7. The fraction of sp³-hybridized carbons (Fsp3) is 0.412. The fourth-order valence-corrected chi connectivity index (χ4v) is 2.65. The summed E-state index contributed by atoms with van der Waals surface area (Å²) < 4.78 is 0. The average molecular weight is 282 g/mol. The number of rotatable bonds is 3. The van der Waals surface area contributed by atoms with Crippen LogP contribution in [0.15, 0.2) is 30.3 Å². The van der Waals surface area contributed by atoms with Gasteiger partial charge < -0.3 is 10.6 Å². The summed E-state index contributed by atoms with van der Waals surface area (Å²) in [4.78, 5) is 9.21. The van der Waals surface area contributed by atoms with Gasteiger partial charge in [-0.25, -0.2) is 9.97 Å². The van der Waals surface area contributed by atoms with Gasteiger partial charge in [-0.05, 0) is 45.8 Å². The molecule has 0 bridgehead atoms. The molecule has 2 N–H and O–H groups in total. The van der Waals surface area contributed by atoms with Gasteiger partial charge in [0.05, 0.1) is 5.69 Å². The second kappa shape index (κ2) is 6.22. The average Bonchev–Trinajstić information content (AvgIpc) is 2.48. The minimum absolute atomic E-state index is 0.471. The molecule has 0 spiro atoms. The van der Waals surface area contributed by atoms with Crippen molar-refractivity contribution >= 4 is 5.95 Å². The lowest BCUT2D eigenvalue weighted by molar-refractivity contribution is 0.477. The van der Waals surface area contributed by atoms with E-state index in [2.05, 4.69) is 51.8 Å². The zero-order chi connectivity index (χ0) is 14.7.